The zero-order valence-corrected chi connectivity index (χ0v) is 15.9. The van der Waals surface area contributed by atoms with Gasteiger partial charge in [-0.2, -0.15) is 5.26 Å². The molecule has 1 atom stereocenters. The van der Waals surface area contributed by atoms with Crippen LogP contribution in [-0.4, -0.2) is 35.4 Å². The molecule has 1 saturated carbocycles. The van der Waals surface area contributed by atoms with Gasteiger partial charge < -0.3 is 4.90 Å². The van der Waals surface area contributed by atoms with E-state index in [1.54, 1.807) is 0 Å². The normalized spacial score (nSPS) is 25.6. The van der Waals surface area contributed by atoms with Crippen LogP contribution in [-0.2, 0) is 11.2 Å². The highest BCUT2D eigenvalue weighted by molar-refractivity contribution is 6.02. The molecule has 0 bridgehead atoms. The van der Waals surface area contributed by atoms with Crippen molar-refractivity contribution in [2.45, 2.75) is 56.9 Å². The number of hydrogen-bond donors (Lipinski definition) is 1. The van der Waals surface area contributed by atoms with E-state index in [4.69, 9.17) is 4.99 Å². The first-order chi connectivity index (χ1) is 13.2. The summed E-state index contributed by atoms with van der Waals surface area (Å²) < 4.78 is 0. The standard InChI is InChI=1S/C22H28N4O/c23-16-19-20(27)24-21(25-22(19)11-5-2-6-12-22)26-13-9-18(10-14-26)15-17-7-3-1-4-8-17/h1,3-4,7-8,18-19H,2,5-6,9-15H2,(H,24,25,27)/t19-/m1/s1. The molecule has 0 radical (unpaired) electrons. The molecule has 1 amide bonds. The van der Waals surface area contributed by atoms with Crippen LogP contribution in [0, 0.1) is 23.2 Å². The molecule has 3 aliphatic rings. The summed E-state index contributed by atoms with van der Waals surface area (Å²) in [5, 5.41) is 12.5. The van der Waals surface area contributed by atoms with Crippen LogP contribution in [0.4, 0.5) is 0 Å². The molecule has 1 saturated heterocycles. The fraction of sp³-hybridized carbons (Fsp3) is 0.591. The lowest BCUT2D eigenvalue weighted by molar-refractivity contribution is -0.125. The highest BCUT2D eigenvalue weighted by Crippen LogP contribution is 2.40. The number of carbonyl (C=O) groups excluding carboxylic acids is 1. The van der Waals surface area contributed by atoms with Crippen LogP contribution >= 0.6 is 0 Å². The molecule has 5 heteroatoms. The molecule has 1 aliphatic carbocycles. The van der Waals surface area contributed by atoms with E-state index in [1.165, 1.54) is 12.0 Å². The molecule has 1 aromatic rings. The number of piperidine rings is 1. The van der Waals surface area contributed by atoms with E-state index < -0.39 is 11.5 Å². The lowest BCUT2D eigenvalue weighted by Gasteiger charge is -2.43. The molecule has 142 valence electrons. The summed E-state index contributed by atoms with van der Waals surface area (Å²) in [6, 6.07) is 12.9. The number of nitriles is 1. The van der Waals surface area contributed by atoms with Crippen molar-refractivity contribution in [2.75, 3.05) is 13.1 Å². The van der Waals surface area contributed by atoms with Gasteiger partial charge in [-0.3, -0.25) is 10.1 Å². The molecule has 2 fully saturated rings. The molecule has 1 spiro atoms. The van der Waals surface area contributed by atoms with Crippen molar-refractivity contribution < 1.29 is 4.79 Å². The number of rotatable bonds is 2. The Bertz CT molecular complexity index is 737. The fourth-order valence-corrected chi connectivity index (χ4v) is 4.92. The van der Waals surface area contributed by atoms with Crippen molar-refractivity contribution >= 4 is 11.9 Å². The predicted molar refractivity (Wildman–Crippen MR) is 105 cm³/mol. The number of likely N-dealkylation sites (tertiary alicyclic amines) is 1. The molecule has 5 nitrogen and oxygen atoms in total. The Morgan fingerprint density at radius 1 is 1.15 bits per heavy atom. The maximum absolute atomic E-state index is 12.6. The smallest absolute Gasteiger partial charge is 0.246 e. The molecule has 1 aromatic carbocycles. The largest absolute Gasteiger partial charge is 0.343 e. The van der Waals surface area contributed by atoms with Crippen molar-refractivity contribution in [3.8, 4) is 6.07 Å². The number of nitrogens with zero attached hydrogens (tertiary/aromatic N) is 3. The second-order valence-corrected chi connectivity index (χ2v) is 8.27. The van der Waals surface area contributed by atoms with Gasteiger partial charge in [0.15, 0.2) is 5.92 Å². The molecule has 2 aliphatic heterocycles. The average molecular weight is 364 g/mol. The Labute approximate surface area is 161 Å². The summed E-state index contributed by atoms with van der Waals surface area (Å²) in [6.07, 6.45) is 8.34. The van der Waals surface area contributed by atoms with Crippen LogP contribution in [0.5, 0.6) is 0 Å². The van der Waals surface area contributed by atoms with Crippen molar-refractivity contribution in [3.05, 3.63) is 35.9 Å². The Hall–Kier alpha value is -2.35. The van der Waals surface area contributed by atoms with Crippen LogP contribution in [0.15, 0.2) is 35.3 Å². The van der Waals surface area contributed by atoms with E-state index >= 15 is 0 Å². The molecule has 0 aromatic heterocycles. The quantitative estimate of drug-likeness (QED) is 0.876. The highest BCUT2D eigenvalue weighted by atomic mass is 16.2. The van der Waals surface area contributed by atoms with Crippen LogP contribution < -0.4 is 5.32 Å². The van der Waals surface area contributed by atoms with E-state index in [0.717, 1.165) is 58.0 Å². The third-order valence-electron chi connectivity index (χ3n) is 6.49. The number of carbonyl (C=O) groups is 1. The van der Waals surface area contributed by atoms with Crippen LogP contribution in [0.2, 0.25) is 0 Å². The second-order valence-electron chi connectivity index (χ2n) is 8.27. The third-order valence-corrected chi connectivity index (χ3v) is 6.49. The summed E-state index contributed by atoms with van der Waals surface area (Å²) in [4.78, 5) is 19.8. The summed E-state index contributed by atoms with van der Waals surface area (Å²) in [5.41, 5.74) is 0.906. The molecule has 4 rings (SSSR count). The van der Waals surface area contributed by atoms with Crippen molar-refractivity contribution in [3.63, 3.8) is 0 Å². The average Bonchev–Trinajstić information content (AvgIpc) is 2.70. The van der Waals surface area contributed by atoms with Gasteiger partial charge in [0.05, 0.1) is 11.6 Å². The fourth-order valence-electron chi connectivity index (χ4n) is 4.92. The van der Waals surface area contributed by atoms with Gasteiger partial charge in [0.2, 0.25) is 11.9 Å². The van der Waals surface area contributed by atoms with Gasteiger partial charge >= 0.3 is 0 Å². The predicted octanol–water partition coefficient (Wildman–Crippen LogP) is 3.27. The van der Waals surface area contributed by atoms with Gasteiger partial charge in [-0.1, -0.05) is 49.6 Å². The molecule has 0 unspecified atom stereocenters. The lowest BCUT2D eigenvalue weighted by Crippen LogP contribution is -2.58. The van der Waals surface area contributed by atoms with Crippen LogP contribution in [0.25, 0.3) is 0 Å². The summed E-state index contributed by atoms with van der Waals surface area (Å²) in [7, 11) is 0. The van der Waals surface area contributed by atoms with Gasteiger partial charge in [-0.05, 0) is 43.6 Å². The van der Waals surface area contributed by atoms with E-state index in [-0.39, 0.29) is 5.91 Å². The zero-order chi connectivity index (χ0) is 18.7. The van der Waals surface area contributed by atoms with Gasteiger partial charge in [0.25, 0.3) is 0 Å². The summed E-state index contributed by atoms with van der Waals surface area (Å²) >= 11 is 0. The summed E-state index contributed by atoms with van der Waals surface area (Å²) in [5.74, 6) is 0.596. The molecular formula is C22H28N4O. The van der Waals surface area contributed by atoms with E-state index in [2.05, 4.69) is 46.6 Å². The number of aliphatic imine (C=N–C) groups is 1. The number of benzene rings is 1. The number of hydrogen-bond acceptors (Lipinski definition) is 4. The maximum atomic E-state index is 12.6. The Kier molecular flexibility index (Phi) is 5.15. The van der Waals surface area contributed by atoms with E-state index in [0.29, 0.717) is 11.9 Å². The highest BCUT2D eigenvalue weighted by Gasteiger charge is 2.48. The SMILES string of the molecule is N#C[C@@H]1C(=O)NC(N2CCC(Cc3ccccc3)CC2)=NC12CCCCC2. The van der Waals surface area contributed by atoms with Gasteiger partial charge in [-0.25, -0.2) is 4.99 Å². The maximum Gasteiger partial charge on any atom is 0.246 e. The number of guanidine groups is 1. The minimum atomic E-state index is -0.642. The third kappa shape index (κ3) is 3.71. The Balaban J connectivity index is 1.44. The Morgan fingerprint density at radius 3 is 2.52 bits per heavy atom. The second kappa shape index (κ2) is 7.72. The molecule has 27 heavy (non-hydrogen) atoms. The monoisotopic (exact) mass is 364 g/mol. The Morgan fingerprint density at radius 2 is 1.85 bits per heavy atom. The van der Waals surface area contributed by atoms with Crippen LogP contribution in [0.1, 0.15) is 50.5 Å². The molecular weight excluding hydrogens is 336 g/mol. The zero-order valence-electron chi connectivity index (χ0n) is 15.9. The van der Waals surface area contributed by atoms with E-state index in [9.17, 15) is 10.1 Å². The molecule has 2 heterocycles. The minimum Gasteiger partial charge on any atom is -0.343 e. The number of amides is 1. The summed E-state index contributed by atoms with van der Waals surface area (Å²) in [6.45, 7) is 1.84. The van der Waals surface area contributed by atoms with Gasteiger partial charge in [-0.15, -0.1) is 0 Å². The molecule has 1 N–H and O–H groups in total. The number of nitrogens with one attached hydrogen (secondary N) is 1. The van der Waals surface area contributed by atoms with Crippen LogP contribution in [0.3, 0.4) is 0 Å². The van der Waals surface area contributed by atoms with E-state index in [1.807, 2.05) is 0 Å². The van der Waals surface area contributed by atoms with Crippen molar-refractivity contribution in [1.82, 2.24) is 10.2 Å². The lowest BCUT2D eigenvalue weighted by atomic mass is 9.72. The van der Waals surface area contributed by atoms with Gasteiger partial charge in [0, 0.05) is 13.1 Å². The van der Waals surface area contributed by atoms with Crippen molar-refractivity contribution in [1.29, 1.82) is 5.26 Å². The van der Waals surface area contributed by atoms with Crippen molar-refractivity contribution in [2.24, 2.45) is 16.8 Å². The minimum absolute atomic E-state index is 0.157. The first-order valence-corrected chi connectivity index (χ1v) is 10.3. The van der Waals surface area contributed by atoms with Gasteiger partial charge in [0.1, 0.15) is 0 Å². The first-order valence-electron chi connectivity index (χ1n) is 10.3. The topological polar surface area (TPSA) is 68.5 Å². The first kappa shape index (κ1) is 18.0.